The third kappa shape index (κ3) is 2.20. The molecule has 22 heavy (non-hydrogen) atoms. The molecule has 0 saturated heterocycles. The van der Waals surface area contributed by atoms with Crippen molar-refractivity contribution >= 4 is 23.2 Å². The molecule has 0 amide bonds. The Morgan fingerprint density at radius 1 is 1.27 bits per heavy atom. The Bertz CT molecular complexity index is 882. The fourth-order valence-electron chi connectivity index (χ4n) is 2.64. The fourth-order valence-corrected chi connectivity index (χ4v) is 2.64. The number of hydrogen-bond donors (Lipinski definition) is 2. The molecule has 1 aromatic carbocycles. The topological polar surface area (TPSA) is 97.8 Å². The molecule has 0 spiro atoms. The Balaban J connectivity index is 0.00000144. The Morgan fingerprint density at radius 3 is 2.77 bits per heavy atom. The lowest BCUT2D eigenvalue weighted by atomic mass is 9.77. The molecule has 3 aromatic rings. The molecule has 7 heteroatoms. The van der Waals surface area contributed by atoms with E-state index in [0.717, 1.165) is 24.6 Å². The maximum absolute atomic E-state index is 12.1. The maximum Gasteiger partial charge on any atom is 0.274 e. The van der Waals surface area contributed by atoms with Crippen molar-refractivity contribution in [3.05, 3.63) is 46.5 Å². The lowest BCUT2D eigenvalue weighted by Gasteiger charge is -2.34. The van der Waals surface area contributed by atoms with Gasteiger partial charge in [-0.05, 0) is 36.8 Å². The number of halogens is 1. The van der Waals surface area contributed by atoms with Crippen molar-refractivity contribution in [1.82, 2.24) is 15.1 Å². The third-order valence-electron chi connectivity index (χ3n) is 4.10. The normalized spacial score (nSPS) is 16.0. The Kier molecular flexibility index (Phi) is 3.50. The first-order valence-electron chi connectivity index (χ1n) is 6.91. The van der Waals surface area contributed by atoms with Gasteiger partial charge in [-0.1, -0.05) is 23.4 Å². The zero-order valence-corrected chi connectivity index (χ0v) is 12.5. The van der Waals surface area contributed by atoms with Crippen molar-refractivity contribution in [2.75, 3.05) is 0 Å². The molecule has 2 heterocycles. The molecule has 1 saturated carbocycles. The molecule has 1 aliphatic rings. The summed E-state index contributed by atoms with van der Waals surface area (Å²) in [7, 11) is 0. The Labute approximate surface area is 132 Å². The smallest absolute Gasteiger partial charge is 0.274 e. The highest BCUT2D eigenvalue weighted by atomic mass is 35.5. The van der Waals surface area contributed by atoms with Gasteiger partial charge in [0, 0.05) is 5.39 Å². The van der Waals surface area contributed by atoms with E-state index in [1.807, 2.05) is 24.3 Å². The zero-order chi connectivity index (χ0) is 14.4. The monoisotopic (exact) mass is 318 g/mol. The van der Waals surface area contributed by atoms with E-state index < -0.39 is 5.54 Å². The molecule has 0 radical (unpaired) electrons. The maximum atomic E-state index is 12.1. The molecule has 3 N–H and O–H groups in total. The number of fused-ring (bicyclic) bond motifs is 1. The summed E-state index contributed by atoms with van der Waals surface area (Å²) in [5.41, 5.74) is 6.05. The predicted octanol–water partition coefficient (Wildman–Crippen LogP) is 2.34. The van der Waals surface area contributed by atoms with Crippen LogP contribution >= 0.6 is 12.4 Å². The predicted molar refractivity (Wildman–Crippen MR) is 84.8 cm³/mol. The molecule has 1 fully saturated rings. The van der Waals surface area contributed by atoms with Crippen LogP contribution in [0.3, 0.4) is 0 Å². The average molecular weight is 319 g/mol. The number of nitrogens with one attached hydrogen (secondary N) is 1. The highest BCUT2D eigenvalue weighted by Gasteiger charge is 2.39. The zero-order valence-electron chi connectivity index (χ0n) is 11.7. The van der Waals surface area contributed by atoms with Crippen molar-refractivity contribution < 1.29 is 4.52 Å². The number of H-pyrrole nitrogens is 1. The van der Waals surface area contributed by atoms with Crippen molar-refractivity contribution in [3.63, 3.8) is 0 Å². The van der Waals surface area contributed by atoms with E-state index in [0.29, 0.717) is 22.8 Å². The minimum Gasteiger partial charge on any atom is -0.332 e. The van der Waals surface area contributed by atoms with Gasteiger partial charge in [0.2, 0.25) is 0 Å². The first-order chi connectivity index (χ1) is 10.2. The fraction of sp³-hybridized carbons (Fsp3) is 0.267. The Morgan fingerprint density at radius 2 is 2.05 bits per heavy atom. The van der Waals surface area contributed by atoms with Gasteiger partial charge >= 0.3 is 0 Å². The summed E-state index contributed by atoms with van der Waals surface area (Å²) >= 11 is 0. The standard InChI is InChI=1S/C15H14N4O2.ClH/c16-15(6-3-7-15)14-18-13(21-19-14)11-8-9-4-1-2-5-10(9)12(20)17-11;/h1-2,4-5,8H,3,6-7,16H2,(H,17,20);1H. The van der Waals surface area contributed by atoms with Gasteiger partial charge in [0.05, 0.1) is 5.54 Å². The van der Waals surface area contributed by atoms with Crippen LogP contribution < -0.4 is 11.3 Å². The van der Waals surface area contributed by atoms with E-state index in [9.17, 15) is 4.79 Å². The molecule has 4 rings (SSSR count). The van der Waals surface area contributed by atoms with Gasteiger partial charge in [0.15, 0.2) is 5.82 Å². The second-order valence-corrected chi connectivity index (χ2v) is 5.53. The SMILES string of the molecule is Cl.NC1(c2noc(-c3cc4ccccc4c(=O)[nH]3)n2)CCC1. The van der Waals surface area contributed by atoms with Gasteiger partial charge in [0.25, 0.3) is 11.4 Å². The molecular weight excluding hydrogens is 304 g/mol. The van der Waals surface area contributed by atoms with Crippen molar-refractivity contribution in [3.8, 4) is 11.6 Å². The second-order valence-electron chi connectivity index (χ2n) is 5.53. The Hall–Kier alpha value is -2.18. The summed E-state index contributed by atoms with van der Waals surface area (Å²) < 4.78 is 5.27. The molecule has 114 valence electrons. The number of benzene rings is 1. The van der Waals surface area contributed by atoms with Crippen LogP contribution in [0.15, 0.2) is 39.6 Å². The molecule has 0 unspecified atom stereocenters. The largest absolute Gasteiger partial charge is 0.332 e. The van der Waals surface area contributed by atoms with Crippen molar-refractivity contribution in [1.29, 1.82) is 0 Å². The summed E-state index contributed by atoms with van der Waals surface area (Å²) in [6.07, 6.45) is 2.80. The highest BCUT2D eigenvalue weighted by Crippen LogP contribution is 2.37. The van der Waals surface area contributed by atoms with Crippen LogP contribution in [0.2, 0.25) is 0 Å². The minimum absolute atomic E-state index is 0. The summed E-state index contributed by atoms with van der Waals surface area (Å²) in [5.74, 6) is 0.808. The van der Waals surface area contributed by atoms with Gasteiger partial charge in [-0.2, -0.15) is 4.98 Å². The van der Waals surface area contributed by atoms with Crippen LogP contribution in [-0.2, 0) is 5.54 Å². The second kappa shape index (κ2) is 5.23. The van der Waals surface area contributed by atoms with Crippen molar-refractivity contribution in [2.45, 2.75) is 24.8 Å². The molecule has 1 aliphatic carbocycles. The molecule has 0 bridgehead atoms. The number of pyridine rings is 1. The third-order valence-corrected chi connectivity index (χ3v) is 4.10. The van der Waals surface area contributed by atoms with Crippen LogP contribution in [-0.4, -0.2) is 15.1 Å². The van der Waals surface area contributed by atoms with E-state index >= 15 is 0 Å². The molecule has 0 atom stereocenters. The first kappa shape index (κ1) is 14.7. The average Bonchev–Trinajstić information content (AvgIpc) is 2.95. The lowest BCUT2D eigenvalue weighted by molar-refractivity contribution is 0.229. The molecule has 0 aliphatic heterocycles. The number of aromatic nitrogens is 3. The van der Waals surface area contributed by atoms with Crippen molar-refractivity contribution in [2.24, 2.45) is 5.73 Å². The minimum atomic E-state index is -0.473. The molecule has 6 nitrogen and oxygen atoms in total. The number of hydrogen-bond acceptors (Lipinski definition) is 5. The highest BCUT2D eigenvalue weighted by molar-refractivity contribution is 5.85. The number of rotatable bonds is 2. The van der Waals surface area contributed by atoms with Crippen LogP contribution in [0.1, 0.15) is 25.1 Å². The van der Waals surface area contributed by atoms with E-state index in [-0.39, 0.29) is 18.0 Å². The first-order valence-corrected chi connectivity index (χ1v) is 6.91. The summed E-state index contributed by atoms with van der Waals surface area (Å²) in [6, 6.07) is 9.20. The van der Waals surface area contributed by atoms with Crippen LogP contribution in [0, 0.1) is 0 Å². The summed E-state index contributed by atoms with van der Waals surface area (Å²) in [5, 5.41) is 5.43. The number of aromatic amines is 1. The van der Waals surface area contributed by atoms with Crippen LogP contribution in [0.4, 0.5) is 0 Å². The summed E-state index contributed by atoms with van der Waals surface area (Å²) in [6.45, 7) is 0. The summed E-state index contributed by atoms with van der Waals surface area (Å²) in [4.78, 5) is 19.2. The van der Waals surface area contributed by atoms with Gasteiger partial charge in [-0.15, -0.1) is 12.4 Å². The van der Waals surface area contributed by atoms with E-state index in [1.54, 1.807) is 6.07 Å². The van der Waals surface area contributed by atoms with E-state index in [2.05, 4.69) is 15.1 Å². The van der Waals surface area contributed by atoms with E-state index in [4.69, 9.17) is 10.3 Å². The van der Waals surface area contributed by atoms with Gasteiger partial charge < -0.3 is 15.2 Å². The van der Waals surface area contributed by atoms with E-state index in [1.165, 1.54) is 0 Å². The van der Waals surface area contributed by atoms with Crippen LogP contribution in [0.5, 0.6) is 0 Å². The number of nitrogens with zero attached hydrogens (tertiary/aromatic N) is 2. The van der Waals surface area contributed by atoms with Gasteiger partial charge in [-0.25, -0.2) is 0 Å². The molecule has 2 aromatic heterocycles. The van der Waals surface area contributed by atoms with Gasteiger partial charge in [-0.3, -0.25) is 4.79 Å². The van der Waals surface area contributed by atoms with Gasteiger partial charge in [0.1, 0.15) is 5.69 Å². The molecular formula is C15H15ClN4O2. The lowest BCUT2D eigenvalue weighted by Crippen LogP contribution is -2.44. The quantitative estimate of drug-likeness (QED) is 0.755. The number of nitrogens with two attached hydrogens (primary N) is 1. The van der Waals surface area contributed by atoms with Crippen LogP contribution in [0.25, 0.3) is 22.4 Å².